The number of hydrogen-bond acceptors (Lipinski definition) is 3. The molecule has 0 aliphatic heterocycles. The first-order valence-electron chi connectivity index (χ1n) is 4.83. The smallest absolute Gasteiger partial charge is 0.240 e. The van der Waals surface area contributed by atoms with Crippen molar-refractivity contribution in [2.75, 3.05) is 6.61 Å². The molecule has 0 heterocycles. The molecule has 4 heteroatoms. The zero-order valence-corrected chi connectivity index (χ0v) is 7.68. The molecule has 2 saturated carbocycles. The number of aliphatic hydroxyl groups excluding tert-OH is 1. The highest BCUT2D eigenvalue weighted by molar-refractivity contribution is 5.88. The fraction of sp³-hybridized carbons (Fsp3) is 0.889. The van der Waals surface area contributed by atoms with E-state index in [1.807, 2.05) is 0 Å². The largest absolute Gasteiger partial charge is 0.394 e. The van der Waals surface area contributed by atoms with Gasteiger partial charge in [0.2, 0.25) is 5.91 Å². The predicted octanol–water partition coefficient (Wildman–Crippen LogP) is -0.491. The first-order valence-corrected chi connectivity index (χ1v) is 4.83. The fourth-order valence-corrected chi connectivity index (χ4v) is 1.62. The van der Waals surface area contributed by atoms with Crippen LogP contribution in [0.2, 0.25) is 0 Å². The van der Waals surface area contributed by atoms with Crippen LogP contribution in [0, 0.1) is 0 Å². The SMILES string of the molecule is NC1(C(=O)NC2(CO)CC2)CCC1. The number of aliphatic hydroxyl groups is 1. The Morgan fingerprint density at radius 2 is 2.00 bits per heavy atom. The number of carbonyl (C=O) groups excluding carboxylic acids is 1. The van der Waals surface area contributed by atoms with Crippen molar-refractivity contribution in [3.63, 3.8) is 0 Å². The molecule has 0 bridgehead atoms. The number of carbonyl (C=O) groups is 1. The first kappa shape index (κ1) is 8.97. The maximum Gasteiger partial charge on any atom is 0.240 e. The highest BCUT2D eigenvalue weighted by Crippen LogP contribution is 2.37. The number of amides is 1. The predicted molar refractivity (Wildman–Crippen MR) is 48.0 cm³/mol. The summed E-state index contributed by atoms with van der Waals surface area (Å²) in [5.41, 5.74) is 4.89. The minimum absolute atomic E-state index is 0.0365. The van der Waals surface area contributed by atoms with Crippen molar-refractivity contribution in [1.29, 1.82) is 0 Å². The van der Waals surface area contributed by atoms with Gasteiger partial charge in [0.1, 0.15) is 0 Å². The molecule has 2 aliphatic carbocycles. The highest BCUT2D eigenvalue weighted by atomic mass is 16.3. The van der Waals surface area contributed by atoms with Crippen LogP contribution in [0.15, 0.2) is 0 Å². The Morgan fingerprint density at radius 3 is 2.31 bits per heavy atom. The Morgan fingerprint density at radius 1 is 1.38 bits per heavy atom. The van der Waals surface area contributed by atoms with E-state index in [4.69, 9.17) is 10.8 Å². The van der Waals surface area contributed by atoms with Crippen molar-refractivity contribution in [1.82, 2.24) is 5.32 Å². The van der Waals surface area contributed by atoms with Crippen molar-refractivity contribution in [3.8, 4) is 0 Å². The minimum Gasteiger partial charge on any atom is -0.394 e. The van der Waals surface area contributed by atoms with Gasteiger partial charge in [-0.15, -0.1) is 0 Å². The van der Waals surface area contributed by atoms with E-state index in [1.165, 1.54) is 0 Å². The van der Waals surface area contributed by atoms with Crippen LogP contribution in [0.1, 0.15) is 32.1 Å². The summed E-state index contributed by atoms with van der Waals surface area (Å²) in [5.74, 6) is -0.0784. The second-order valence-electron chi connectivity index (χ2n) is 4.40. The van der Waals surface area contributed by atoms with Gasteiger partial charge in [0.05, 0.1) is 17.7 Å². The van der Waals surface area contributed by atoms with Gasteiger partial charge in [-0.05, 0) is 32.1 Å². The topological polar surface area (TPSA) is 75.4 Å². The van der Waals surface area contributed by atoms with Gasteiger partial charge in [-0.1, -0.05) is 0 Å². The average molecular weight is 184 g/mol. The summed E-state index contributed by atoms with van der Waals surface area (Å²) in [4.78, 5) is 11.6. The number of nitrogens with two attached hydrogens (primary N) is 1. The molecule has 0 aromatic heterocycles. The molecule has 0 aromatic rings. The van der Waals surface area contributed by atoms with E-state index in [1.54, 1.807) is 0 Å². The molecule has 1 amide bonds. The van der Waals surface area contributed by atoms with Crippen LogP contribution in [-0.4, -0.2) is 28.7 Å². The zero-order chi connectivity index (χ0) is 9.53. The van der Waals surface area contributed by atoms with E-state index in [0.29, 0.717) is 0 Å². The van der Waals surface area contributed by atoms with Crippen LogP contribution in [0.25, 0.3) is 0 Å². The summed E-state index contributed by atoms with van der Waals surface area (Å²) in [6.45, 7) is 0.0365. The van der Waals surface area contributed by atoms with Crippen molar-refractivity contribution in [2.45, 2.75) is 43.2 Å². The molecule has 0 saturated heterocycles. The molecule has 0 aromatic carbocycles. The second-order valence-corrected chi connectivity index (χ2v) is 4.40. The minimum atomic E-state index is -0.634. The molecule has 0 atom stereocenters. The molecule has 4 N–H and O–H groups in total. The lowest BCUT2D eigenvalue weighted by Gasteiger charge is -2.37. The van der Waals surface area contributed by atoms with E-state index >= 15 is 0 Å². The molecule has 2 aliphatic rings. The molecule has 2 rings (SSSR count). The summed E-state index contributed by atoms with van der Waals surface area (Å²) in [5, 5.41) is 11.9. The van der Waals surface area contributed by atoms with Gasteiger partial charge in [0.15, 0.2) is 0 Å². The van der Waals surface area contributed by atoms with Gasteiger partial charge in [0, 0.05) is 0 Å². The number of hydrogen-bond donors (Lipinski definition) is 3. The van der Waals surface area contributed by atoms with Crippen molar-refractivity contribution in [3.05, 3.63) is 0 Å². The van der Waals surface area contributed by atoms with Crippen molar-refractivity contribution < 1.29 is 9.90 Å². The summed E-state index contributed by atoms with van der Waals surface area (Å²) >= 11 is 0. The molecule has 0 radical (unpaired) electrons. The monoisotopic (exact) mass is 184 g/mol. The summed E-state index contributed by atoms with van der Waals surface area (Å²) in [6, 6.07) is 0. The Balaban J connectivity index is 1.91. The Kier molecular flexibility index (Phi) is 1.85. The van der Waals surface area contributed by atoms with Gasteiger partial charge in [-0.2, -0.15) is 0 Å². The third kappa shape index (κ3) is 1.44. The Labute approximate surface area is 77.5 Å². The van der Waals surface area contributed by atoms with Crippen LogP contribution in [0.5, 0.6) is 0 Å². The summed E-state index contributed by atoms with van der Waals surface area (Å²) in [6.07, 6.45) is 4.35. The lowest BCUT2D eigenvalue weighted by Crippen LogP contribution is -2.61. The Hall–Kier alpha value is -0.610. The summed E-state index contributed by atoms with van der Waals surface area (Å²) in [7, 11) is 0. The van der Waals surface area contributed by atoms with Gasteiger partial charge < -0.3 is 16.2 Å². The van der Waals surface area contributed by atoms with Crippen LogP contribution in [0.4, 0.5) is 0 Å². The Bertz CT molecular complexity index is 232. The van der Waals surface area contributed by atoms with E-state index < -0.39 is 5.54 Å². The van der Waals surface area contributed by atoms with E-state index in [2.05, 4.69) is 5.32 Å². The maximum absolute atomic E-state index is 11.6. The number of nitrogens with one attached hydrogen (secondary N) is 1. The highest BCUT2D eigenvalue weighted by Gasteiger charge is 2.48. The summed E-state index contributed by atoms with van der Waals surface area (Å²) < 4.78 is 0. The molecule has 0 spiro atoms. The second kappa shape index (κ2) is 2.69. The van der Waals surface area contributed by atoms with Gasteiger partial charge >= 0.3 is 0 Å². The van der Waals surface area contributed by atoms with E-state index in [0.717, 1.165) is 32.1 Å². The van der Waals surface area contributed by atoms with Crippen molar-refractivity contribution >= 4 is 5.91 Å². The lowest BCUT2D eigenvalue weighted by molar-refractivity contribution is -0.130. The third-order valence-corrected chi connectivity index (χ3v) is 3.23. The standard InChI is InChI=1S/C9H16N2O2/c10-9(2-1-3-9)7(13)11-8(6-12)4-5-8/h12H,1-6,10H2,(H,11,13). The van der Waals surface area contributed by atoms with Crippen LogP contribution in [-0.2, 0) is 4.79 Å². The molecule has 13 heavy (non-hydrogen) atoms. The van der Waals surface area contributed by atoms with E-state index in [-0.39, 0.29) is 18.1 Å². The quantitative estimate of drug-likeness (QED) is 0.554. The lowest BCUT2D eigenvalue weighted by atomic mass is 9.77. The maximum atomic E-state index is 11.6. The molecular formula is C9H16N2O2. The van der Waals surface area contributed by atoms with Crippen LogP contribution in [0.3, 0.4) is 0 Å². The average Bonchev–Trinajstić information content (AvgIpc) is 2.81. The fourth-order valence-electron chi connectivity index (χ4n) is 1.62. The van der Waals surface area contributed by atoms with Crippen LogP contribution < -0.4 is 11.1 Å². The molecule has 4 nitrogen and oxygen atoms in total. The normalized spacial score (nSPS) is 27.5. The molecule has 74 valence electrons. The van der Waals surface area contributed by atoms with E-state index in [9.17, 15) is 4.79 Å². The third-order valence-electron chi connectivity index (χ3n) is 3.23. The zero-order valence-electron chi connectivity index (χ0n) is 7.68. The molecular weight excluding hydrogens is 168 g/mol. The first-order chi connectivity index (χ1) is 6.10. The van der Waals surface area contributed by atoms with Gasteiger partial charge in [-0.3, -0.25) is 4.79 Å². The number of rotatable bonds is 3. The van der Waals surface area contributed by atoms with Gasteiger partial charge in [-0.25, -0.2) is 0 Å². The van der Waals surface area contributed by atoms with Crippen LogP contribution >= 0.6 is 0 Å². The van der Waals surface area contributed by atoms with Gasteiger partial charge in [0.25, 0.3) is 0 Å². The van der Waals surface area contributed by atoms with Crippen molar-refractivity contribution in [2.24, 2.45) is 5.73 Å². The molecule has 2 fully saturated rings. The molecule has 0 unspecified atom stereocenters.